The van der Waals surface area contributed by atoms with Gasteiger partial charge in [-0.15, -0.1) is 0 Å². The molecule has 0 spiro atoms. The highest BCUT2D eigenvalue weighted by Gasteiger charge is 2.27. The van der Waals surface area contributed by atoms with Crippen LogP contribution < -0.4 is 5.73 Å². The van der Waals surface area contributed by atoms with Crippen LogP contribution in [0.4, 0.5) is 19.1 Å². The highest BCUT2D eigenvalue weighted by molar-refractivity contribution is 5.15. The first-order valence-electron chi connectivity index (χ1n) is 3.60. The predicted molar refractivity (Wildman–Crippen MR) is 39.8 cm³/mol. The Hall–Kier alpha value is -1.27. The quantitative estimate of drug-likeness (QED) is 0.760. The van der Waals surface area contributed by atoms with Crippen molar-refractivity contribution in [2.24, 2.45) is 7.05 Å². The summed E-state index contributed by atoms with van der Waals surface area (Å²) in [6, 6.07) is 0. The van der Waals surface area contributed by atoms with Gasteiger partial charge in [0.05, 0.1) is 6.42 Å². The lowest BCUT2D eigenvalue weighted by Crippen LogP contribution is -2.09. The molecule has 0 aliphatic heterocycles. The number of aromatic nitrogens is 3. The van der Waals surface area contributed by atoms with Crippen molar-refractivity contribution in [3.8, 4) is 0 Å². The van der Waals surface area contributed by atoms with Gasteiger partial charge in [0.15, 0.2) is 5.82 Å². The van der Waals surface area contributed by atoms with E-state index in [4.69, 9.17) is 5.73 Å². The van der Waals surface area contributed by atoms with E-state index >= 15 is 0 Å². The van der Waals surface area contributed by atoms with Crippen LogP contribution in [0, 0.1) is 0 Å². The first-order chi connectivity index (χ1) is 5.88. The Labute approximate surface area is 72.6 Å². The van der Waals surface area contributed by atoms with Crippen LogP contribution >= 0.6 is 0 Å². The van der Waals surface area contributed by atoms with Crippen molar-refractivity contribution in [2.45, 2.75) is 19.0 Å². The summed E-state index contributed by atoms with van der Waals surface area (Å²) >= 11 is 0. The maximum Gasteiger partial charge on any atom is 0.389 e. The molecular formula is C6H9F3N4. The molecule has 0 aromatic carbocycles. The number of nitrogen functional groups attached to an aromatic ring is 1. The Kier molecular flexibility index (Phi) is 2.44. The number of halogens is 3. The first kappa shape index (κ1) is 9.82. The van der Waals surface area contributed by atoms with E-state index in [2.05, 4.69) is 10.1 Å². The standard InChI is InChI=1S/C6H9F3N4/c1-13-5(10)11-4(12-13)2-3-6(7,8)9/h2-3H2,1H3,(H2,10,11,12). The molecule has 0 saturated heterocycles. The van der Waals surface area contributed by atoms with Gasteiger partial charge in [0.2, 0.25) is 5.95 Å². The summed E-state index contributed by atoms with van der Waals surface area (Å²) in [5.74, 6) is 0.245. The fraction of sp³-hybridized carbons (Fsp3) is 0.667. The van der Waals surface area contributed by atoms with Crippen LogP contribution in [-0.2, 0) is 13.5 Å². The molecule has 7 heteroatoms. The van der Waals surface area contributed by atoms with Crippen LogP contribution in [-0.4, -0.2) is 20.9 Å². The maximum absolute atomic E-state index is 11.8. The molecule has 13 heavy (non-hydrogen) atoms. The second-order valence-corrected chi connectivity index (χ2v) is 2.63. The van der Waals surface area contributed by atoms with Crippen molar-refractivity contribution in [1.82, 2.24) is 14.8 Å². The van der Waals surface area contributed by atoms with Crippen LogP contribution in [0.5, 0.6) is 0 Å². The molecule has 1 rings (SSSR count). The van der Waals surface area contributed by atoms with E-state index in [1.165, 1.54) is 11.7 Å². The molecule has 1 aromatic heterocycles. The number of rotatable bonds is 2. The second kappa shape index (κ2) is 3.23. The zero-order valence-electron chi connectivity index (χ0n) is 6.97. The second-order valence-electron chi connectivity index (χ2n) is 2.63. The van der Waals surface area contributed by atoms with Gasteiger partial charge in [-0.2, -0.15) is 23.3 Å². The van der Waals surface area contributed by atoms with Crippen molar-refractivity contribution in [1.29, 1.82) is 0 Å². The van der Waals surface area contributed by atoms with Crippen LogP contribution in [0.3, 0.4) is 0 Å². The third kappa shape index (κ3) is 2.92. The van der Waals surface area contributed by atoms with E-state index in [1.54, 1.807) is 0 Å². The molecule has 0 atom stereocenters. The van der Waals surface area contributed by atoms with Crippen LogP contribution in [0.25, 0.3) is 0 Å². The number of alkyl halides is 3. The molecule has 0 unspecified atom stereocenters. The molecule has 0 amide bonds. The largest absolute Gasteiger partial charge is 0.389 e. The third-order valence-electron chi connectivity index (χ3n) is 1.47. The van der Waals surface area contributed by atoms with E-state index in [-0.39, 0.29) is 18.2 Å². The van der Waals surface area contributed by atoms with Crippen molar-refractivity contribution in [2.75, 3.05) is 5.73 Å². The molecule has 2 N–H and O–H groups in total. The number of nitrogens with zero attached hydrogens (tertiary/aromatic N) is 3. The smallest absolute Gasteiger partial charge is 0.368 e. The Bertz CT molecular complexity index is 271. The van der Waals surface area contributed by atoms with Crippen molar-refractivity contribution in [3.05, 3.63) is 5.82 Å². The number of nitrogens with two attached hydrogens (primary N) is 1. The Morgan fingerprint density at radius 1 is 1.46 bits per heavy atom. The minimum Gasteiger partial charge on any atom is -0.368 e. The molecular weight excluding hydrogens is 185 g/mol. The Morgan fingerprint density at radius 2 is 2.08 bits per heavy atom. The highest BCUT2D eigenvalue weighted by Crippen LogP contribution is 2.21. The molecule has 74 valence electrons. The number of aryl methyl sites for hydroxylation is 2. The molecule has 0 saturated carbocycles. The van der Waals surface area contributed by atoms with Crippen LogP contribution in [0.1, 0.15) is 12.2 Å². The summed E-state index contributed by atoms with van der Waals surface area (Å²) in [6.45, 7) is 0. The van der Waals surface area contributed by atoms with Gasteiger partial charge in [-0.05, 0) is 0 Å². The van der Waals surface area contributed by atoms with Gasteiger partial charge in [0, 0.05) is 13.5 Å². The maximum atomic E-state index is 11.8. The number of hydrogen-bond acceptors (Lipinski definition) is 3. The fourth-order valence-electron chi connectivity index (χ4n) is 0.811. The summed E-state index contributed by atoms with van der Waals surface area (Å²) < 4.78 is 36.5. The van der Waals surface area contributed by atoms with Crippen LogP contribution in [0.15, 0.2) is 0 Å². The SMILES string of the molecule is Cn1nc(CCC(F)(F)F)nc1N. The average molecular weight is 194 g/mol. The van der Waals surface area contributed by atoms with Crippen molar-refractivity contribution in [3.63, 3.8) is 0 Å². The molecule has 0 fully saturated rings. The third-order valence-corrected chi connectivity index (χ3v) is 1.47. The average Bonchev–Trinajstić information content (AvgIpc) is 2.27. The molecule has 0 radical (unpaired) electrons. The molecule has 4 nitrogen and oxygen atoms in total. The lowest BCUT2D eigenvalue weighted by Gasteiger charge is -2.02. The van der Waals surface area contributed by atoms with Gasteiger partial charge in [-0.3, -0.25) is 0 Å². The van der Waals surface area contributed by atoms with E-state index in [9.17, 15) is 13.2 Å². The predicted octanol–water partition coefficient (Wildman–Crippen LogP) is 0.892. The van der Waals surface area contributed by atoms with Gasteiger partial charge in [0.1, 0.15) is 0 Å². The Morgan fingerprint density at radius 3 is 2.46 bits per heavy atom. The van der Waals surface area contributed by atoms with Gasteiger partial charge in [0.25, 0.3) is 0 Å². The summed E-state index contributed by atoms with van der Waals surface area (Å²) in [4.78, 5) is 3.64. The summed E-state index contributed by atoms with van der Waals surface area (Å²) in [6.07, 6.45) is -5.32. The number of anilines is 1. The molecule has 1 aromatic rings. The van der Waals surface area contributed by atoms with E-state index in [1.807, 2.05) is 0 Å². The molecule has 0 bridgehead atoms. The normalized spacial score (nSPS) is 12.0. The van der Waals surface area contributed by atoms with Gasteiger partial charge in [-0.1, -0.05) is 0 Å². The summed E-state index contributed by atoms with van der Waals surface area (Å²) in [5.41, 5.74) is 5.29. The van der Waals surface area contributed by atoms with Crippen LogP contribution in [0.2, 0.25) is 0 Å². The van der Waals surface area contributed by atoms with Crippen molar-refractivity contribution >= 4 is 5.95 Å². The molecule has 0 aliphatic carbocycles. The van der Waals surface area contributed by atoms with Gasteiger partial charge in [-0.25, -0.2) is 4.68 Å². The van der Waals surface area contributed by atoms with E-state index < -0.39 is 12.6 Å². The van der Waals surface area contributed by atoms with Gasteiger partial charge < -0.3 is 5.73 Å². The molecule has 1 heterocycles. The van der Waals surface area contributed by atoms with E-state index in [0.29, 0.717) is 0 Å². The summed E-state index contributed by atoms with van der Waals surface area (Å²) in [7, 11) is 1.53. The highest BCUT2D eigenvalue weighted by atomic mass is 19.4. The summed E-state index contributed by atoms with van der Waals surface area (Å²) in [5, 5.41) is 3.69. The molecule has 0 aliphatic rings. The lowest BCUT2D eigenvalue weighted by atomic mass is 10.3. The minimum atomic E-state index is -4.17. The monoisotopic (exact) mass is 194 g/mol. The lowest BCUT2D eigenvalue weighted by molar-refractivity contribution is -0.134. The topological polar surface area (TPSA) is 56.7 Å². The zero-order valence-corrected chi connectivity index (χ0v) is 6.97. The van der Waals surface area contributed by atoms with Crippen molar-refractivity contribution < 1.29 is 13.2 Å². The van der Waals surface area contributed by atoms with E-state index in [0.717, 1.165) is 0 Å². The number of hydrogen-bond donors (Lipinski definition) is 1. The first-order valence-corrected chi connectivity index (χ1v) is 3.60. The fourth-order valence-corrected chi connectivity index (χ4v) is 0.811. The van der Waals surface area contributed by atoms with Gasteiger partial charge >= 0.3 is 6.18 Å². The Balaban J connectivity index is 2.56. The minimum absolute atomic E-state index is 0.122. The zero-order chi connectivity index (χ0) is 10.1.